The number of fused-ring (bicyclic) bond motifs is 1. The lowest BCUT2D eigenvalue weighted by atomic mass is 10.0. The molecule has 5 aromatic rings. The van der Waals surface area contributed by atoms with E-state index in [4.69, 9.17) is 14.0 Å². The number of ether oxygens (including phenoxy) is 2. The zero-order chi connectivity index (χ0) is 24.2. The van der Waals surface area contributed by atoms with Gasteiger partial charge in [-0.25, -0.2) is 9.97 Å². The molecule has 0 amide bonds. The van der Waals surface area contributed by atoms with Crippen LogP contribution in [0, 0.1) is 0 Å². The predicted molar refractivity (Wildman–Crippen MR) is 134 cm³/mol. The molecule has 0 aliphatic rings. The second kappa shape index (κ2) is 9.98. The summed E-state index contributed by atoms with van der Waals surface area (Å²) in [6.07, 6.45) is 1.86. The van der Waals surface area contributed by atoms with Gasteiger partial charge in [0, 0.05) is 24.1 Å². The summed E-state index contributed by atoms with van der Waals surface area (Å²) in [5.74, 6) is 2.46. The molecule has 0 saturated carbocycles. The lowest BCUT2D eigenvalue weighted by Gasteiger charge is -2.11. The summed E-state index contributed by atoms with van der Waals surface area (Å²) in [6, 6.07) is 16.1. The lowest BCUT2D eigenvalue weighted by Crippen LogP contribution is -2.07. The van der Waals surface area contributed by atoms with Crippen molar-refractivity contribution in [2.75, 3.05) is 25.6 Å². The van der Waals surface area contributed by atoms with Crippen molar-refractivity contribution in [2.24, 2.45) is 0 Å². The zero-order valence-electron chi connectivity index (χ0n) is 19.2. The highest BCUT2D eigenvalue weighted by molar-refractivity contribution is 7.19. The number of aromatic hydroxyl groups is 1. The average molecular weight is 490 g/mol. The van der Waals surface area contributed by atoms with Crippen molar-refractivity contribution in [2.45, 2.75) is 13.3 Å². The number of anilines is 1. The van der Waals surface area contributed by atoms with Crippen molar-refractivity contribution >= 4 is 27.9 Å². The zero-order valence-corrected chi connectivity index (χ0v) is 20.0. The van der Waals surface area contributed by atoms with Gasteiger partial charge in [-0.2, -0.15) is 4.98 Å². The molecule has 9 nitrogen and oxygen atoms in total. The minimum Gasteiger partial charge on any atom is -0.496 e. The predicted octanol–water partition coefficient (Wildman–Crippen LogP) is 5.18. The highest BCUT2D eigenvalue weighted by Gasteiger charge is 2.19. The van der Waals surface area contributed by atoms with Crippen molar-refractivity contribution in [1.29, 1.82) is 0 Å². The molecule has 0 radical (unpaired) electrons. The Morgan fingerprint density at radius 3 is 2.69 bits per heavy atom. The van der Waals surface area contributed by atoms with E-state index in [1.54, 1.807) is 7.11 Å². The number of aromatic nitrogens is 4. The van der Waals surface area contributed by atoms with E-state index in [-0.39, 0.29) is 5.82 Å². The number of nitrogens with one attached hydrogen (secondary N) is 1. The van der Waals surface area contributed by atoms with Crippen molar-refractivity contribution in [3.63, 3.8) is 0 Å². The van der Waals surface area contributed by atoms with Crippen LogP contribution in [0.25, 0.3) is 32.0 Å². The summed E-state index contributed by atoms with van der Waals surface area (Å²) >= 11 is 1.40. The van der Waals surface area contributed by atoms with Gasteiger partial charge < -0.3 is 19.9 Å². The molecule has 0 fully saturated rings. The van der Waals surface area contributed by atoms with Crippen LogP contribution in [0.15, 0.2) is 59.4 Å². The van der Waals surface area contributed by atoms with Crippen molar-refractivity contribution in [1.82, 2.24) is 20.1 Å². The Kier molecular flexibility index (Phi) is 6.44. The van der Waals surface area contributed by atoms with Gasteiger partial charge in [-0.1, -0.05) is 35.5 Å². The maximum Gasteiger partial charge on any atom is 0.415 e. The van der Waals surface area contributed by atoms with Crippen LogP contribution in [0.4, 0.5) is 5.82 Å². The molecule has 0 aliphatic carbocycles. The Morgan fingerprint density at radius 2 is 1.91 bits per heavy atom. The van der Waals surface area contributed by atoms with E-state index in [1.807, 2.05) is 37.3 Å². The van der Waals surface area contributed by atoms with Crippen LogP contribution in [-0.2, 0) is 6.42 Å². The van der Waals surface area contributed by atoms with Gasteiger partial charge in [0.2, 0.25) is 5.82 Å². The summed E-state index contributed by atoms with van der Waals surface area (Å²) in [5, 5.41) is 18.9. The molecular formula is C25H23N5O4S. The van der Waals surface area contributed by atoms with Crippen LogP contribution in [0.2, 0.25) is 0 Å². The highest BCUT2D eigenvalue weighted by atomic mass is 32.1. The molecule has 0 aliphatic heterocycles. The second-order valence-electron chi connectivity index (χ2n) is 7.58. The number of hydrogen-bond donors (Lipinski definition) is 2. The Hall–Kier alpha value is -4.18. The maximum atomic E-state index is 9.43. The monoisotopic (exact) mass is 489 g/mol. The average Bonchev–Trinajstić information content (AvgIpc) is 3.51. The third kappa shape index (κ3) is 4.73. The molecule has 0 atom stereocenters. The molecule has 35 heavy (non-hydrogen) atoms. The number of benzene rings is 2. The van der Waals surface area contributed by atoms with Gasteiger partial charge in [0.25, 0.3) is 0 Å². The largest absolute Gasteiger partial charge is 0.496 e. The van der Waals surface area contributed by atoms with Crippen molar-refractivity contribution in [3.8, 4) is 38.8 Å². The Bertz CT molecular complexity index is 1470. The number of methoxy groups -OCH3 is 1. The first-order valence-electron chi connectivity index (χ1n) is 11.1. The number of rotatable bonds is 9. The molecular weight excluding hydrogens is 466 g/mol. The smallest absolute Gasteiger partial charge is 0.415 e. The molecule has 5 rings (SSSR count). The second-order valence-corrected chi connectivity index (χ2v) is 8.63. The molecule has 3 aromatic heterocycles. The molecule has 2 aromatic carbocycles. The standard InChI is InChI=1S/C25H23N5O4S/c1-3-33-20-13-21(35-23(20)24-29-25(31)34-30-24)18-12-22(28-14-27-18)26-11-10-15-8-9-19(32-2)17-7-5-4-6-16(15)17/h4-9,12-14H,3,10-11H2,1-2H3,(H,26,27,28)(H,29,30,31). The minimum absolute atomic E-state index is 0.265. The molecule has 2 N–H and O–H groups in total. The summed E-state index contributed by atoms with van der Waals surface area (Å²) in [4.78, 5) is 14.2. The normalized spacial score (nSPS) is 11.0. The van der Waals surface area contributed by atoms with Gasteiger partial charge in [0.05, 0.1) is 24.3 Å². The van der Waals surface area contributed by atoms with E-state index < -0.39 is 6.08 Å². The SMILES string of the molecule is CCOc1cc(-c2cc(NCCc3ccc(OC)c4ccccc34)ncn2)sc1-c1noc(O)n1. The third-order valence-electron chi connectivity index (χ3n) is 5.43. The lowest BCUT2D eigenvalue weighted by molar-refractivity contribution is 0.267. The van der Waals surface area contributed by atoms with Crippen molar-refractivity contribution in [3.05, 3.63) is 60.4 Å². The van der Waals surface area contributed by atoms with Gasteiger partial charge >= 0.3 is 6.08 Å². The first-order valence-corrected chi connectivity index (χ1v) is 11.9. The van der Waals surface area contributed by atoms with E-state index in [9.17, 15) is 5.11 Å². The molecule has 3 heterocycles. The summed E-state index contributed by atoms with van der Waals surface area (Å²) in [5.41, 5.74) is 1.97. The Balaban J connectivity index is 1.34. The van der Waals surface area contributed by atoms with Crippen LogP contribution in [0.1, 0.15) is 12.5 Å². The van der Waals surface area contributed by atoms with E-state index >= 15 is 0 Å². The molecule has 10 heteroatoms. The molecule has 0 saturated heterocycles. The number of thiophene rings is 1. The van der Waals surface area contributed by atoms with Crippen LogP contribution in [0.5, 0.6) is 17.6 Å². The summed E-state index contributed by atoms with van der Waals surface area (Å²) in [7, 11) is 1.69. The van der Waals surface area contributed by atoms with Crippen LogP contribution >= 0.6 is 11.3 Å². The molecule has 0 unspecified atom stereocenters. The maximum absolute atomic E-state index is 9.43. The topological polar surface area (TPSA) is 115 Å². The van der Waals surface area contributed by atoms with E-state index in [0.29, 0.717) is 23.8 Å². The van der Waals surface area contributed by atoms with Gasteiger partial charge in [0.1, 0.15) is 28.5 Å². The number of nitrogens with zero attached hydrogens (tertiary/aromatic N) is 4. The van der Waals surface area contributed by atoms with Crippen LogP contribution in [0.3, 0.4) is 0 Å². The third-order valence-corrected chi connectivity index (χ3v) is 6.57. The first kappa shape index (κ1) is 22.6. The fourth-order valence-corrected chi connectivity index (χ4v) is 4.87. The summed E-state index contributed by atoms with van der Waals surface area (Å²) in [6.45, 7) is 3.08. The fourth-order valence-electron chi connectivity index (χ4n) is 3.87. The Labute approximate surface area is 205 Å². The van der Waals surface area contributed by atoms with Crippen LogP contribution in [-0.4, -0.2) is 45.5 Å². The van der Waals surface area contributed by atoms with Gasteiger partial charge in [-0.15, -0.1) is 11.3 Å². The minimum atomic E-state index is -0.490. The van der Waals surface area contributed by atoms with Crippen LogP contribution < -0.4 is 14.8 Å². The quantitative estimate of drug-likeness (QED) is 0.289. The summed E-state index contributed by atoms with van der Waals surface area (Å²) < 4.78 is 15.9. The molecule has 0 bridgehead atoms. The van der Waals surface area contributed by atoms with Gasteiger partial charge in [-0.05, 0) is 30.4 Å². The van der Waals surface area contributed by atoms with E-state index in [1.165, 1.54) is 28.6 Å². The highest BCUT2D eigenvalue weighted by Crippen LogP contribution is 2.42. The van der Waals surface area contributed by atoms with Crippen molar-refractivity contribution < 1.29 is 19.1 Å². The van der Waals surface area contributed by atoms with Gasteiger partial charge in [0.15, 0.2) is 0 Å². The van der Waals surface area contributed by atoms with Gasteiger partial charge in [-0.3, -0.25) is 4.52 Å². The number of hydrogen-bond acceptors (Lipinski definition) is 10. The first-order chi connectivity index (χ1) is 17.2. The fraction of sp³-hybridized carbons (Fsp3) is 0.200. The molecule has 0 spiro atoms. The molecule has 178 valence electrons. The van der Waals surface area contributed by atoms with E-state index in [0.717, 1.165) is 33.9 Å². The van der Waals surface area contributed by atoms with E-state index in [2.05, 4.69) is 43.6 Å². The Morgan fingerprint density at radius 1 is 1.06 bits per heavy atom.